The molecule has 2 heterocycles. The average molecular weight is 413 g/mol. The van der Waals surface area contributed by atoms with Crippen LogP contribution in [0.3, 0.4) is 0 Å². The molecule has 1 aliphatic carbocycles. The average Bonchev–Trinajstić information content (AvgIpc) is 3.54. The lowest BCUT2D eigenvalue weighted by molar-refractivity contribution is 0.290. The summed E-state index contributed by atoms with van der Waals surface area (Å²) in [7, 11) is -1.75. The van der Waals surface area contributed by atoms with Crippen LogP contribution in [0.4, 0.5) is 5.69 Å². The van der Waals surface area contributed by atoms with Crippen LogP contribution in [0.15, 0.2) is 47.5 Å². The van der Waals surface area contributed by atoms with Gasteiger partial charge in [0.2, 0.25) is 15.9 Å². The highest BCUT2D eigenvalue weighted by molar-refractivity contribution is 7.92. The molecule has 7 nitrogen and oxygen atoms in total. The molecule has 0 unspecified atom stereocenters. The predicted octanol–water partition coefficient (Wildman–Crippen LogP) is 3.15. The maximum absolute atomic E-state index is 12.5. The number of aryl methyl sites for hydroxylation is 1. The minimum atomic E-state index is -3.44. The second-order valence-electron chi connectivity index (χ2n) is 7.34. The summed E-state index contributed by atoms with van der Waals surface area (Å²) in [6.45, 7) is 2.15. The Morgan fingerprint density at radius 2 is 1.93 bits per heavy atom. The summed E-state index contributed by atoms with van der Waals surface area (Å²) < 4.78 is 34.1. The molecule has 0 saturated heterocycles. The van der Waals surface area contributed by atoms with Crippen molar-refractivity contribution in [2.45, 2.75) is 19.8 Å². The van der Waals surface area contributed by atoms with E-state index in [-0.39, 0.29) is 11.3 Å². The Kier molecular flexibility index (Phi) is 5.04. The van der Waals surface area contributed by atoms with E-state index in [4.69, 9.17) is 4.74 Å². The van der Waals surface area contributed by atoms with Crippen LogP contribution >= 0.6 is 0 Å². The van der Waals surface area contributed by atoms with Crippen molar-refractivity contribution in [3.8, 4) is 17.0 Å². The van der Waals surface area contributed by atoms with Crippen LogP contribution in [0.1, 0.15) is 19.8 Å². The van der Waals surface area contributed by atoms with Crippen molar-refractivity contribution in [2.75, 3.05) is 17.1 Å². The summed E-state index contributed by atoms with van der Waals surface area (Å²) in [6, 6.07) is 9.06. The van der Waals surface area contributed by atoms with Gasteiger partial charge in [-0.1, -0.05) is 18.2 Å². The summed E-state index contributed by atoms with van der Waals surface area (Å²) in [5.74, 6) is 0.935. The smallest absolute Gasteiger partial charge is 0.258 e. The number of ether oxygens (including phenoxy) is 1. The second-order valence-corrected chi connectivity index (χ2v) is 9.35. The van der Waals surface area contributed by atoms with Gasteiger partial charge in [0.05, 0.1) is 24.2 Å². The van der Waals surface area contributed by atoms with E-state index < -0.39 is 10.0 Å². The van der Waals surface area contributed by atoms with Crippen LogP contribution in [0, 0.1) is 5.92 Å². The van der Waals surface area contributed by atoms with Gasteiger partial charge in [-0.25, -0.2) is 13.4 Å². The Hall–Kier alpha value is -2.87. The highest BCUT2D eigenvalue weighted by Crippen LogP contribution is 2.36. The number of rotatable bonds is 7. The number of hydrogen-bond acceptors (Lipinski definition) is 5. The lowest BCUT2D eigenvalue weighted by Crippen LogP contribution is -2.17. The Morgan fingerprint density at radius 3 is 2.62 bits per heavy atom. The third-order valence-corrected chi connectivity index (χ3v) is 6.34. The maximum atomic E-state index is 12.5. The third kappa shape index (κ3) is 4.12. The van der Waals surface area contributed by atoms with Gasteiger partial charge in [0.1, 0.15) is 0 Å². The highest BCUT2D eigenvalue weighted by atomic mass is 32.2. The molecular formula is C21H23N3O4S. The molecule has 8 heteroatoms. The first kappa shape index (κ1) is 19.4. The molecule has 3 aromatic rings. The molecule has 1 fully saturated rings. The van der Waals surface area contributed by atoms with Crippen molar-refractivity contribution in [2.24, 2.45) is 13.0 Å². The number of nitrogens with one attached hydrogen (secondary N) is 1. The Morgan fingerprint density at radius 1 is 1.21 bits per heavy atom. The van der Waals surface area contributed by atoms with E-state index in [1.54, 1.807) is 32.3 Å². The summed E-state index contributed by atoms with van der Waals surface area (Å²) in [4.78, 5) is 16.9. The van der Waals surface area contributed by atoms with E-state index in [0.717, 1.165) is 23.8 Å². The van der Waals surface area contributed by atoms with Gasteiger partial charge < -0.3 is 9.30 Å². The van der Waals surface area contributed by atoms with Crippen LogP contribution < -0.4 is 15.0 Å². The molecule has 0 amide bonds. The number of fused-ring (bicyclic) bond motifs is 1. The molecule has 1 saturated carbocycles. The predicted molar refractivity (Wildman–Crippen MR) is 114 cm³/mol. The summed E-state index contributed by atoms with van der Waals surface area (Å²) in [5.41, 5.74) is 1.67. The van der Waals surface area contributed by atoms with Crippen LogP contribution in [0.2, 0.25) is 0 Å². The van der Waals surface area contributed by atoms with Gasteiger partial charge in [-0.05, 0) is 43.2 Å². The Labute approximate surface area is 169 Å². The topological polar surface area (TPSA) is 90.3 Å². The zero-order chi connectivity index (χ0) is 20.6. The number of nitrogens with zero attached hydrogens (tertiary/aromatic N) is 2. The maximum Gasteiger partial charge on any atom is 0.258 e. The fraction of sp³-hybridized carbons (Fsp3) is 0.333. The standard InChI is InChI=1S/C21H23N3O4S/c1-3-29(26,27)23-15-10-18(20(22-11-15)28-13-14-8-9-14)19-12-24(2)21(25)17-7-5-4-6-16(17)19/h4-7,10-12,14,23H,3,8-9,13H2,1-2H3. The fourth-order valence-corrected chi connectivity index (χ4v) is 3.80. The Bertz CT molecular complexity index is 1230. The van der Waals surface area contributed by atoms with Gasteiger partial charge in [-0.3, -0.25) is 9.52 Å². The molecule has 1 N–H and O–H groups in total. The SMILES string of the molecule is CCS(=O)(=O)Nc1cnc(OCC2CC2)c(-c2cn(C)c(=O)c3ccccc23)c1. The van der Waals surface area contributed by atoms with Crippen molar-refractivity contribution in [1.29, 1.82) is 0 Å². The monoisotopic (exact) mass is 413 g/mol. The zero-order valence-corrected chi connectivity index (χ0v) is 17.2. The largest absolute Gasteiger partial charge is 0.477 e. The van der Waals surface area contributed by atoms with E-state index in [2.05, 4.69) is 9.71 Å². The summed E-state index contributed by atoms with van der Waals surface area (Å²) in [5, 5.41) is 1.35. The number of sulfonamides is 1. The van der Waals surface area contributed by atoms with Gasteiger partial charge >= 0.3 is 0 Å². The third-order valence-electron chi connectivity index (χ3n) is 5.04. The molecule has 0 spiro atoms. The van der Waals surface area contributed by atoms with E-state index in [1.807, 2.05) is 18.2 Å². The fourth-order valence-electron chi connectivity index (χ4n) is 3.18. The second kappa shape index (κ2) is 7.51. The lowest BCUT2D eigenvalue weighted by atomic mass is 10.0. The van der Waals surface area contributed by atoms with E-state index >= 15 is 0 Å². The van der Waals surface area contributed by atoms with Crippen molar-refractivity contribution in [3.63, 3.8) is 0 Å². The number of aromatic nitrogens is 2. The molecule has 0 aliphatic heterocycles. The molecule has 0 radical (unpaired) electrons. The minimum absolute atomic E-state index is 0.0367. The van der Waals surface area contributed by atoms with Crippen LogP contribution in [-0.4, -0.2) is 30.3 Å². The van der Waals surface area contributed by atoms with Crippen LogP contribution in [-0.2, 0) is 17.1 Å². The molecule has 4 rings (SSSR count). The zero-order valence-electron chi connectivity index (χ0n) is 16.4. The first-order chi connectivity index (χ1) is 13.9. The van der Waals surface area contributed by atoms with Crippen LogP contribution in [0.5, 0.6) is 5.88 Å². The molecular weight excluding hydrogens is 390 g/mol. The highest BCUT2D eigenvalue weighted by Gasteiger charge is 2.24. The normalized spacial score (nSPS) is 14.1. The van der Waals surface area contributed by atoms with Gasteiger partial charge in [-0.2, -0.15) is 0 Å². The van der Waals surface area contributed by atoms with Crippen molar-refractivity contribution in [3.05, 3.63) is 53.1 Å². The molecule has 0 atom stereocenters. The number of anilines is 1. The van der Waals surface area contributed by atoms with Crippen molar-refractivity contribution in [1.82, 2.24) is 9.55 Å². The molecule has 1 aromatic carbocycles. The Balaban J connectivity index is 1.89. The lowest BCUT2D eigenvalue weighted by Gasteiger charge is -2.15. The van der Waals surface area contributed by atoms with E-state index in [1.165, 1.54) is 10.8 Å². The molecule has 1 aliphatic rings. The van der Waals surface area contributed by atoms with Crippen molar-refractivity contribution >= 4 is 26.5 Å². The van der Waals surface area contributed by atoms with Crippen LogP contribution in [0.25, 0.3) is 21.9 Å². The minimum Gasteiger partial charge on any atom is -0.477 e. The molecule has 29 heavy (non-hydrogen) atoms. The number of benzene rings is 1. The van der Waals surface area contributed by atoms with Gasteiger partial charge in [0.15, 0.2) is 0 Å². The van der Waals surface area contributed by atoms with Gasteiger partial charge in [-0.15, -0.1) is 0 Å². The van der Waals surface area contributed by atoms with Gasteiger partial charge in [0, 0.05) is 29.8 Å². The number of pyridine rings is 2. The van der Waals surface area contributed by atoms with E-state index in [0.29, 0.717) is 35.0 Å². The van der Waals surface area contributed by atoms with Gasteiger partial charge in [0.25, 0.3) is 5.56 Å². The van der Waals surface area contributed by atoms with E-state index in [9.17, 15) is 13.2 Å². The molecule has 152 valence electrons. The number of hydrogen-bond donors (Lipinski definition) is 1. The molecule has 0 bridgehead atoms. The summed E-state index contributed by atoms with van der Waals surface area (Å²) >= 11 is 0. The molecule has 2 aromatic heterocycles. The van der Waals surface area contributed by atoms with Crippen molar-refractivity contribution < 1.29 is 13.2 Å². The first-order valence-corrected chi connectivity index (χ1v) is 11.3. The quantitative estimate of drug-likeness (QED) is 0.643. The summed E-state index contributed by atoms with van der Waals surface area (Å²) in [6.07, 6.45) is 5.49. The first-order valence-electron chi connectivity index (χ1n) is 9.60.